The fourth-order valence-electron chi connectivity index (χ4n) is 5.01. The summed E-state index contributed by atoms with van der Waals surface area (Å²) < 4.78 is 1.94. The molecular weight excluding hydrogens is 573 g/mol. The SMILES string of the molecule is O=[N+]([O-])c1ccc(Sc2ccc(N3C(=S)N[C@@H](c4ccccn4)[C@@H]3c3cccn3-c3cccc([N+](=O)[O-])c3)cc2)cc1. The van der Waals surface area contributed by atoms with Crippen LogP contribution in [0.4, 0.5) is 17.1 Å². The number of hydrogen-bond donors (Lipinski definition) is 1. The van der Waals surface area contributed by atoms with E-state index in [0.29, 0.717) is 10.8 Å². The Labute approximate surface area is 249 Å². The van der Waals surface area contributed by atoms with Gasteiger partial charge in [-0.3, -0.25) is 25.2 Å². The first-order valence-electron chi connectivity index (χ1n) is 12.8. The number of nitrogens with one attached hydrogen (secondary N) is 1. The van der Waals surface area contributed by atoms with Gasteiger partial charge >= 0.3 is 0 Å². The van der Waals surface area contributed by atoms with Gasteiger partial charge in [-0.1, -0.05) is 23.9 Å². The van der Waals surface area contributed by atoms with Crippen LogP contribution in [0.2, 0.25) is 0 Å². The van der Waals surface area contributed by atoms with Crippen molar-refractivity contribution in [1.29, 1.82) is 0 Å². The maximum Gasteiger partial charge on any atom is 0.271 e. The van der Waals surface area contributed by atoms with Gasteiger partial charge < -0.3 is 14.8 Å². The third-order valence-electron chi connectivity index (χ3n) is 6.90. The molecule has 5 aromatic rings. The van der Waals surface area contributed by atoms with Crippen LogP contribution in [0.1, 0.15) is 23.5 Å². The van der Waals surface area contributed by atoms with E-state index in [4.69, 9.17) is 12.2 Å². The van der Waals surface area contributed by atoms with E-state index in [9.17, 15) is 20.2 Å². The van der Waals surface area contributed by atoms with Gasteiger partial charge in [-0.05, 0) is 78.9 Å². The van der Waals surface area contributed by atoms with E-state index >= 15 is 0 Å². The van der Waals surface area contributed by atoms with Gasteiger partial charge in [-0.25, -0.2) is 0 Å². The summed E-state index contributed by atoms with van der Waals surface area (Å²) in [5, 5.41) is 26.4. The van der Waals surface area contributed by atoms with Gasteiger partial charge in [0.15, 0.2) is 5.11 Å². The molecule has 0 aliphatic carbocycles. The molecule has 1 fully saturated rings. The Morgan fingerprint density at radius 3 is 2.17 bits per heavy atom. The first-order chi connectivity index (χ1) is 20.4. The van der Waals surface area contributed by atoms with Crippen LogP contribution in [-0.2, 0) is 0 Å². The molecule has 3 heterocycles. The second kappa shape index (κ2) is 11.4. The molecule has 2 aromatic heterocycles. The maximum atomic E-state index is 11.5. The molecule has 1 aliphatic rings. The Bertz CT molecular complexity index is 1780. The van der Waals surface area contributed by atoms with Crippen LogP contribution in [0.15, 0.2) is 125 Å². The molecule has 3 aromatic carbocycles. The quantitative estimate of drug-likeness (QED) is 0.115. The number of benzene rings is 3. The van der Waals surface area contributed by atoms with Crippen molar-refractivity contribution in [2.24, 2.45) is 0 Å². The molecule has 1 saturated heterocycles. The van der Waals surface area contributed by atoms with E-state index in [2.05, 4.69) is 10.3 Å². The molecule has 12 heteroatoms. The third kappa shape index (κ3) is 5.32. The molecule has 0 spiro atoms. The van der Waals surface area contributed by atoms with Gasteiger partial charge in [-0.2, -0.15) is 0 Å². The number of non-ortho nitro benzene ring substituents is 2. The Kier molecular flexibility index (Phi) is 7.38. The van der Waals surface area contributed by atoms with Crippen molar-refractivity contribution in [3.63, 3.8) is 0 Å². The second-order valence-corrected chi connectivity index (χ2v) is 11.0. The van der Waals surface area contributed by atoms with Gasteiger partial charge in [-0.15, -0.1) is 0 Å². The average molecular weight is 595 g/mol. The maximum absolute atomic E-state index is 11.5. The zero-order valence-electron chi connectivity index (χ0n) is 21.8. The normalized spacial score (nSPS) is 16.3. The van der Waals surface area contributed by atoms with Crippen molar-refractivity contribution in [2.75, 3.05) is 4.90 Å². The molecule has 1 aliphatic heterocycles. The molecule has 0 saturated carbocycles. The van der Waals surface area contributed by atoms with Crippen molar-refractivity contribution in [2.45, 2.75) is 21.9 Å². The summed E-state index contributed by atoms with van der Waals surface area (Å²) >= 11 is 7.37. The highest BCUT2D eigenvalue weighted by Crippen LogP contribution is 2.43. The van der Waals surface area contributed by atoms with E-state index < -0.39 is 9.85 Å². The zero-order chi connectivity index (χ0) is 29.2. The standard InChI is InChI=1S/C30H22N6O4S2/c37-35(38)21-11-15-25(16-12-21)42-24-13-9-20(10-14-24)34-29(28(32-30(34)41)26-7-1-2-17-31-26)27-8-4-18-33(27)22-5-3-6-23(19-22)36(39)40/h1-19,28-29H,(H,32,41)/t28-,29-/m0/s1. The van der Waals surface area contributed by atoms with Crippen LogP contribution < -0.4 is 10.2 Å². The summed E-state index contributed by atoms with van der Waals surface area (Å²) in [5.74, 6) is 0. The number of rotatable bonds is 8. The van der Waals surface area contributed by atoms with Crippen LogP contribution in [0.3, 0.4) is 0 Å². The average Bonchev–Trinajstić information content (AvgIpc) is 3.63. The molecule has 2 atom stereocenters. The lowest BCUT2D eigenvalue weighted by molar-refractivity contribution is -0.385. The fraction of sp³-hybridized carbons (Fsp3) is 0.0667. The fourth-order valence-corrected chi connectivity index (χ4v) is 6.17. The number of anilines is 1. The van der Waals surface area contributed by atoms with Crippen LogP contribution in [-0.4, -0.2) is 24.5 Å². The molecule has 42 heavy (non-hydrogen) atoms. The van der Waals surface area contributed by atoms with Gasteiger partial charge in [0.05, 0.1) is 27.3 Å². The lowest BCUT2D eigenvalue weighted by Gasteiger charge is -2.29. The van der Waals surface area contributed by atoms with Gasteiger partial charge in [0.2, 0.25) is 0 Å². The predicted molar refractivity (Wildman–Crippen MR) is 164 cm³/mol. The van der Waals surface area contributed by atoms with Crippen LogP contribution in [0, 0.1) is 20.2 Å². The van der Waals surface area contributed by atoms with Crippen molar-refractivity contribution in [3.8, 4) is 5.69 Å². The molecule has 0 bridgehead atoms. The lowest BCUT2D eigenvalue weighted by Crippen LogP contribution is -2.30. The highest BCUT2D eigenvalue weighted by atomic mass is 32.2. The highest BCUT2D eigenvalue weighted by molar-refractivity contribution is 7.99. The van der Waals surface area contributed by atoms with E-state index in [0.717, 1.165) is 26.9 Å². The second-order valence-electron chi connectivity index (χ2n) is 9.42. The van der Waals surface area contributed by atoms with Gasteiger partial charge in [0, 0.05) is 57.8 Å². The molecule has 0 unspecified atom stereocenters. The lowest BCUT2D eigenvalue weighted by atomic mass is 10.0. The van der Waals surface area contributed by atoms with E-state index in [1.165, 1.54) is 30.0 Å². The number of aromatic nitrogens is 2. The summed E-state index contributed by atoms with van der Waals surface area (Å²) in [6.07, 6.45) is 3.62. The van der Waals surface area contributed by atoms with Crippen LogP contribution in [0.25, 0.3) is 5.69 Å². The minimum atomic E-state index is -0.416. The van der Waals surface area contributed by atoms with Crippen molar-refractivity contribution >= 4 is 46.2 Å². The van der Waals surface area contributed by atoms with Crippen molar-refractivity contribution in [1.82, 2.24) is 14.9 Å². The van der Waals surface area contributed by atoms with Gasteiger partial charge in [0.1, 0.15) is 6.04 Å². The topological polar surface area (TPSA) is 119 Å². The molecule has 10 nitrogen and oxygen atoms in total. The summed E-state index contributed by atoms with van der Waals surface area (Å²) in [7, 11) is 0. The molecule has 0 amide bonds. The predicted octanol–water partition coefficient (Wildman–Crippen LogP) is 7.02. The largest absolute Gasteiger partial charge is 0.351 e. The first-order valence-corrected chi connectivity index (χ1v) is 14.1. The van der Waals surface area contributed by atoms with Crippen LogP contribution in [0.5, 0.6) is 0 Å². The number of nitro groups is 2. The molecular formula is C30H22N6O4S2. The van der Waals surface area contributed by atoms with E-state index in [1.54, 1.807) is 30.5 Å². The number of pyridine rings is 1. The van der Waals surface area contributed by atoms with E-state index in [-0.39, 0.29) is 23.5 Å². The number of hydrogen-bond acceptors (Lipinski definition) is 7. The minimum absolute atomic E-state index is 0.00598. The summed E-state index contributed by atoms with van der Waals surface area (Å²) in [6.45, 7) is 0. The Morgan fingerprint density at radius 1 is 0.786 bits per heavy atom. The highest BCUT2D eigenvalue weighted by Gasteiger charge is 2.42. The van der Waals surface area contributed by atoms with Crippen molar-refractivity contribution in [3.05, 3.63) is 147 Å². The Balaban J connectivity index is 1.37. The molecule has 0 radical (unpaired) electrons. The molecule has 1 N–H and O–H groups in total. The molecule has 6 rings (SSSR count). The smallest absolute Gasteiger partial charge is 0.271 e. The molecule has 208 valence electrons. The summed E-state index contributed by atoms with van der Waals surface area (Å²) in [4.78, 5) is 30.1. The Hall–Kier alpha value is -5.07. The first kappa shape index (κ1) is 27.1. The Morgan fingerprint density at radius 2 is 1.50 bits per heavy atom. The van der Waals surface area contributed by atoms with Gasteiger partial charge in [0.25, 0.3) is 11.4 Å². The summed E-state index contributed by atoms with van der Waals surface area (Å²) in [5.41, 5.74) is 3.26. The third-order valence-corrected chi connectivity index (χ3v) is 8.23. The minimum Gasteiger partial charge on any atom is -0.351 e. The number of nitro benzene ring substituents is 2. The number of nitrogens with zero attached hydrogens (tertiary/aromatic N) is 5. The monoisotopic (exact) mass is 594 g/mol. The van der Waals surface area contributed by atoms with Crippen LogP contribution >= 0.6 is 24.0 Å². The number of thiocarbonyl (C=S) groups is 1. The summed E-state index contributed by atoms with van der Waals surface area (Å²) in [6, 6.07) is 29.9. The van der Waals surface area contributed by atoms with E-state index in [1.807, 2.05) is 76.3 Å². The van der Waals surface area contributed by atoms with Crippen molar-refractivity contribution < 1.29 is 9.85 Å². The zero-order valence-corrected chi connectivity index (χ0v) is 23.4.